The second-order valence-electron chi connectivity index (χ2n) is 26.3. The molecule has 0 radical (unpaired) electrons. The van der Waals surface area contributed by atoms with E-state index in [1.807, 2.05) is 13.0 Å². The zero-order chi connectivity index (χ0) is 59.7. The summed E-state index contributed by atoms with van der Waals surface area (Å²) in [6.45, 7) is 1.60. The highest BCUT2D eigenvalue weighted by Crippen LogP contribution is 2.62. The topological polar surface area (TPSA) is 182 Å². The summed E-state index contributed by atoms with van der Waals surface area (Å²) in [5, 5.41) is 42.2. The molecule has 5 aromatic carbocycles. The molecule has 15 rings (SSSR count). The van der Waals surface area contributed by atoms with Crippen molar-refractivity contribution in [1.29, 1.82) is 0 Å². The van der Waals surface area contributed by atoms with Crippen LogP contribution in [0.3, 0.4) is 0 Å². The summed E-state index contributed by atoms with van der Waals surface area (Å²) in [5.74, 6) is -1.17. The Bertz CT molecular complexity index is 3850. The third-order valence-corrected chi connectivity index (χ3v) is 22.0. The van der Waals surface area contributed by atoms with E-state index in [9.17, 15) is 25.2 Å². The van der Waals surface area contributed by atoms with Gasteiger partial charge in [0.25, 0.3) is 0 Å². The van der Waals surface area contributed by atoms with Crippen molar-refractivity contribution in [3.63, 3.8) is 0 Å². The highest BCUT2D eigenvalue weighted by atomic mass is 16.6. The zero-order valence-corrected chi connectivity index (χ0v) is 49.7. The minimum absolute atomic E-state index is 0.00299. The van der Waals surface area contributed by atoms with Gasteiger partial charge in [0.2, 0.25) is 0 Å². The molecular weight excluding hydrogens is 1090 g/mol. The molecule has 2 fully saturated rings. The minimum Gasteiger partial charge on any atom is -0.483 e. The van der Waals surface area contributed by atoms with E-state index in [2.05, 4.69) is 121 Å². The van der Waals surface area contributed by atoms with Gasteiger partial charge in [0.05, 0.1) is 25.4 Å². The van der Waals surface area contributed by atoms with Crippen LogP contribution < -0.4 is 10.4 Å². The second kappa shape index (κ2) is 23.4. The van der Waals surface area contributed by atoms with Crippen molar-refractivity contribution in [3.8, 4) is 5.75 Å². The third-order valence-electron chi connectivity index (χ3n) is 22.0. The number of carbonyl (C=O) groups is 2. The molecule has 4 N–H and O–H groups in total. The van der Waals surface area contributed by atoms with E-state index in [1.165, 1.54) is 46.2 Å². The molecule has 6 aliphatic carbocycles. The van der Waals surface area contributed by atoms with E-state index in [4.69, 9.17) is 23.4 Å². The quantitative estimate of drug-likeness (QED) is 0.0335. The lowest BCUT2D eigenvalue weighted by Gasteiger charge is -2.55. The molecule has 1 aromatic heterocycles. The van der Waals surface area contributed by atoms with Crippen LogP contribution in [0.15, 0.2) is 148 Å². The average molecular weight is 1170 g/mol. The Balaban J connectivity index is 0.909. The molecule has 2 bridgehead atoms. The zero-order valence-electron chi connectivity index (χ0n) is 49.7. The molecule has 0 saturated heterocycles. The predicted molar refractivity (Wildman–Crippen MR) is 332 cm³/mol. The van der Waals surface area contributed by atoms with E-state index in [-0.39, 0.29) is 101 Å². The number of ether oxygens (including phenoxy) is 4. The maximum absolute atomic E-state index is 15.9. The fourth-order valence-electron chi connectivity index (χ4n) is 17.9. The Morgan fingerprint density at radius 3 is 2.36 bits per heavy atom. The lowest BCUT2D eigenvalue weighted by Crippen LogP contribution is -2.58. The SMILES string of the molecule is CC(CO)=C1CCc2ccc(cc2)C2C=CC(c3cccc4c3CCC3CCCC5C=Cc6ccccc6C453)CC2CC(=O)OC2c3c(ccc4c(CO)c(C(CCO)COCO)c(=O)oc34)OC(C)(C3CC4C=Cc5ccccc5C4C3)C2OC1=O. The van der Waals surface area contributed by atoms with Crippen molar-refractivity contribution in [3.05, 3.63) is 216 Å². The number of hydrogen-bond donors (Lipinski definition) is 4. The van der Waals surface area contributed by atoms with Crippen molar-refractivity contribution in [1.82, 2.24) is 0 Å². The number of carbonyl (C=O) groups excluding carboxylic acids is 2. The van der Waals surface area contributed by atoms with Gasteiger partial charge in [-0.3, -0.25) is 4.79 Å². The van der Waals surface area contributed by atoms with Crippen LogP contribution in [-0.2, 0) is 48.7 Å². The van der Waals surface area contributed by atoms with Crippen LogP contribution in [0.2, 0.25) is 0 Å². The number of benzene rings is 5. The smallest absolute Gasteiger partial charge is 0.340 e. The number of aryl methyl sites for hydroxylation is 1. The number of esters is 2. The van der Waals surface area contributed by atoms with Gasteiger partial charge in [0.1, 0.15) is 23.7 Å². The molecule has 13 unspecified atom stereocenters. The van der Waals surface area contributed by atoms with Gasteiger partial charge >= 0.3 is 17.6 Å². The van der Waals surface area contributed by atoms with Gasteiger partial charge in [-0.15, -0.1) is 0 Å². The number of hydrogen-bond acceptors (Lipinski definition) is 12. The Morgan fingerprint density at radius 1 is 0.747 bits per heavy atom. The molecule has 4 heterocycles. The largest absolute Gasteiger partial charge is 0.483 e. The van der Waals surface area contributed by atoms with Crippen LogP contribution in [-0.4, -0.2) is 70.7 Å². The molecule has 87 heavy (non-hydrogen) atoms. The molecule has 0 amide bonds. The summed E-state index contributed by atoms with van der Waals surface area (Å²) < 4.78 is 33.3. The number of allylic oxidation sites excluding steroid dienone is 4. The van der Waals surface area contributed by atoms with Crippen molar-refractivity contribution in [2.24, 2.45) is 29.6 Å². The van der Waals surface area contributed by atoms with E-state index >= 15 is 9.59 Å². The Kier molecular flexibility index (Phi) is 15.5. The normalized spacial score (nSPS) is 30.4. The minimum atomic E-state index is -1.41. The summed E-state index contributed by atoms with van der Waals surface area (Å²) in [6, 6.07) is 36.4. The fourth-order valence-corrected chi connectivity index (χ4v) is 17.9. The summed E-state index contributed by atoms with van der Waals surface area (Å²) in [6.07, 6.45) is 19.7. The highest BCUT2D eigenvalue weighted by molar-refractivity contribution is 5.90. The molecule has 9 aliphatic rings. The molecule has 12 nitrogen and oxygen atoms in total. The number of fused-ring (bicyclic) bond motifs is 16. The number of aliphatic hydroxyl groups is 4. The number of rotatable bonds is 10. The van der Waals surface area contributed by atoms with E-state index < -0.39 is 61.3 Å². The number of aliphatic hydroxyl groups excluding tert-OH is 4. The van der Waals surface area contributed by atoms with Crippen molar-refractivity contribution in [2.45, 2.75) is 144 Å². The molecule has 2 saturated carbocycles. The van der Waals surface area contributed by atoms with Gasteiger partial charge in [0.15, 0.2) is 12.2 Å². The van der Waals surface area contributed by atoms with E-state index in [0.29, 0.717) is 54.1 Å². The Hall–Kier alpha value is -7.19. The Labute approximate surface area is 508 Å². The van der Waals surface area contributed by atoms with Crippen LogP contribution in [0.4, 0.5) is 0 Å². The third kappa shape index (κ3) is 9.71. The van der Waals surface area contributed by atoms with Crippen LogP contribution in [0.5, 0.6) is 5.75 Å². The van der Waals surface area contributed by atoms with Crippen LogP contribution in [0, 0.1) is 29.6 Å². The van der Waals surface area contributed by atoms with Gasteiger partial charge in [-0.05, 0) is 181 Å². The lowest BCUT2D eigenvalue weighted by atomic mass is 9.48. The van der Waals surface area contributed by atoms with Gasteiger partial charge < -0.3 is 43.8 Å². The fraction of sp³-hybridized carbons (Fsp3) is 0.427. The first kappa shape index (κ1) is 57.5. The van der Waals surface area contributed by atoms with Gasteiger partial charge in [-0.2, -0.15) is 0 Å². The second-order valence-corrected chi connectivity index (χ2v) is 26.3. The molecule has 3 aliphatic heterocycles. The van der Waals surface area contributed by atoms with E-state index in [0.717, 1.165) is 36.0 Å². The Morgan fingerprint density at radius 2 is 1.54 bits per heavy atom. The summed E-state index contributed by atoms with van der Waals surface area (Å²) in [4.78, 5) is 46.0. The van der Waals surface area contributed by atoms with Crippen molar-refractivity contribution >= 4 is 35.1 Å². The van der Waals surface area contributed by atoms with Crippen LogP contribution in [0.25, 0.3) is 23.1 Å². The first-order chi connectivity index (χ1) is 42.4. The summed E-state index contributed by atoms with van der Waals surface area (Å²) in [5.41, 5.74) is 10.4. The van der Waals surface area contributed by atoms with Gasteiger partial charge in [-0.1, -0.05) is 134 Å². The first-order valence-corrected chi connectivity index (χ1v) is 31.8. The van der Waals surface area contributed by atoms with Gasteiger partial charge in [0, 0.05) is 58.6 Å². The average Bonchev–Trinajstić information content (AvgIpc) is 0.782. The molecule has 6 aromatic rings. The monoisotopic (exact) mass is 1170 g/mol. The predicted octanol–water partition coefficient (Wildman–Crippen LogP) is 12.7. The standard InChI is InChI=1S/C75H78O12/c1-43(39-77)55-28-19-44-17-20-46(21-18-44)56-29-25-48(58-14-8-16-64-59(58)30-27-53-12-7-11-52-26-24-47-10-4-6-15-63(47)75(52,53)64)35-51(56)37-66(80)84-70-68-65(32-31-60-62(40-78)67(73(82)85-69(60)68)50(33-34-76)41-83-42-79)87-74(2,71(70)86-72(55)81)54-36-49-23-22-45-9-3-5-13-57(45)61(49)38-54/h3-6,8-10,13-18,20-26,29,31-32,48-54,56,61,70-71,76-79H,7,11-12,19,27-28,30,33-42H2,1-2H3. The van der Waals surface area contributed by atoms with E-state index in [1.54, 1.807) is 19.1 Å². The maximum atomic E-state index is 15.9. The maximum Gasteiger partial charge on any atom is 0.340 e. The van der Waals surface area contributed by atoms with Crippen LogP contribution in [0.1, 0.15) is 175 Å². The van der Waals surface area contributed by atoms with Crippen molar-refractivity contribution in [2.75, 3.05) is 26.6 Å². The molecule has 13 atom stereocenters. The molecular formula is C75H78O12. The highest BCUT2D eigenvalue weighted by Gasteiger charge is 2.60. The molecule has 1 spiro atoms. The summed E-state index contributed by atoms with van der Waals surface area (Å²) >= 11 is 0. The van der Waals surface area contributed by atoms with Crippen LogP contribution >= 0.6 is 0 Å². The van der Waals surface area contributed by atoms with Crippen molar-refractivity contribution < 1.29 is 53.4 Å². The lowest BCUT2D eigenvalue weighted by molar-refractivity contribution is -0.199. The van der Waals surface area contributed by atoms with Gasteiger partial charge in [-0.25, -0.2) is 9.59 Å². The summed E-state index contributed by atoms with van der Waals surface area (Å²) in [7, 11) is 0. The molecule has 450 valence electrons. The first-order valence-electron chi connectivity index (χ1n) is 31.8. The molecule has 12 heteroatoms.